The zero-order valence-electron chi connectivity index (χ0n) is 15.9. The number of fused-ring (bicyclic) bond motifs is 1. The van der Waals surface area contributed by atoms with Gasteiger partial charge in [0, 0.05) is 31.1 Å². The van der Waals surface area contributed by atoms with Crippen molar-refractivity contribution in [3.05, 3.63) is 23.8 Å². The van der Waals surface area contributed by atoms with E-state index in [1.54, 1.807) is 18.2 Å². The minimum atomic E-state index is -0.520. The molecule has 2 aromatic rings. The molecule has 144 valence electrons. The van der Waals surface area contributed by atoms with E-state index in [9.17, 15) is 9.59 Å². The smallest absolute Gasteiger partial charge is 0.299 e. The van der Waals surface area contributed by atoms with Crippen molar-refractivity contribution in [1.82, 2.24) is 9.88 Å². The number of nitrogens with zero attached hydrogens (tertiary/aromatic N) is 3. The molecule has 4 rings (SSSR count). The lowest BCUT2D eigenvalue weighted by Gasteiger charge is -2.44. The third-order valence-corrected chi connectivity index (χ3v) is 5.83. The average molecular weight is 370 g/mol. The van der Waals surface area contributed by atoms with Crippen LogP contribution < -0.4 is 10.6 Å². The van der Waals surface area contributed by atoms with Crippen LogP contribution in [0.1, 0.15) is 49.9 Å². The van der Waals surface area contributed by atoms with Gasteiger partial charge in [-0.15, -0.1) is 0 Å². The maximum atomic E-state index is 12.8. The molecule has 1 aliphatic carbocycles. The minimum absolute atomic E-state index is 0.0733. The molecule has 0 spiro atoms. The molecule has 1 aromatic heterocycles. The standard InChI is InChI=1S/C20H26N4O3/c1-12-10-23(19(26)14-6-3-4-7-14)11-13(2)24(12)20-22-17-15(18(21)25)8-5-9-16(17)27-20/h5,8-9,12-14H,3-4,6-7,10-11H2,1-2H3,(H2,21,25). The monoisotopic (exact) mass is 370 g/mol. The Kier molecular flexibility index (Phi) is 4.53. The number of carbonyl (C=O) groups excluding carboxylic acids is 2. The van der Waals surface area contributed by atoms with Gasteiger partial charge in [-0.3, -0.25) is 9.59 Å². The van der Waals surface area contributed by atoms with E-state index in [4.69, 9.17) is 10.2 Å². The Morgan fingerprint density at radius 3 is 2.44 bits per heavy atom. The van der Waals surface area contributed by atoms with Gasteiger partial charge in [-0.1, -0.05) is 18.9 Å². The number of primary amides is 1. The van der Waals surface area contributed by atoms with Crippen LogP contribution in [0.3, 0.4) is 0 Å². The van der Waals surface area contributed by atoms with Gasteiger partial charge in [-0.05, 0) is 38.8 Å². The number of rotatable bonds is 3. The molecule has 1 saturated heterocycles. The summed E-state index contributed by atoms with van der Waals surface area (Å²) in [6.45, 7) is 5.46. The molecule has 2 amide bonds. The van der Waals surface area contributed by atoms with E-state index in [0.717, 1.165) is 25.7 Å². The van der Waals surface area contributed by atoms with Crippen LogP contribution >= 0.6 is 0 Å². The summed E-state index contributed by atoms with van der Waals surface area (Å²) in [7, 11) is 0. The molecule has 2 fully saturated rings. The second-order valence-electron chi connectivity index (χ2n) is 7.84. The highest BCUT2D eigenvalue weighted by Gasteiger charge is 2.37. The summed E-state index contributed by atoms with van der Waals surface area (Å²) < 4.78 is 5.94. The highest BCUT2D eigenvalue weighted by molar-refractivity contribution is 6.03. The number of oxazole rings is 1. The van der Waals surface area contributed by atoms with Gasteiger partial charge in [0.15, 0.2) is 5.58 Å². The van der Waals surface area contributed by atoms with Crippen molar-refractivity contribution in [3.8, 4) is 0 Å². The van der Waals surface area contributed by atoms with E-state index < -0.39 is 5.91 Å². The highest BCUT2D eigenvalue weighted by atomic mass is 16.4. The molecule has 7 nitrogen and oxygen atoms in total. The molecule has 2 atom stereocenters. The van der Waals surface area contributed by atoms with Crippen LogP contribution in [-0.2, 0) is 4.79 Å². The summed E-state index contributed by atoms with van der Waals surface area (Å²) >= 11 is 0. The first kappa shape index (κ1) is 17.8. The molecular weight excluding hydrogens is 344 g/mol. The number of hydrogen-bond acceptors (Lipinski definition) is 5. The molecule has 0 bridgehead atoms. The van der Waals surface area contributed by atoms with Crippen LogP contribution in [0.4, 0.5) is 6.01 Å². The number of carbonyl (C=O) groups is 2. The van der Waals surface area contributed by atoms with Gasteiger partial charge in [-0.2, -0.15) is 4.98 Å². The van der Waals surface area contributed by atoms with Crippen LogP contribution in [0.2, 0.25) is 0 Å². The Morgan fingerprint density at radius 1 is 1.15 bits per heavy atom. The first-order valence-corrected chi connectivity index (χ1v) is 9.72. The van der Waals surface area contributed by atoms with Crippen LogP contribution in [0.15, 0.2) is 22.6 Å². The van der Waals surface area contributed by atoms with Gasteiger partial charge in [0.25, 0.3) is 11.9 Å². The lowest BCUT2D eigenvalue weighted by Crippen LogP contribution is -2.59. The zero-order chi connectivity index (χ0) is 19.1. The Hall–Kier alpha value is -2.57. The summed E-state index contributed by atoms with van der Waals surface area (Å²) in [5.74, 6) is -0.0358. The number of aromatic nitrogens is 1. The summed E-state index contributed by atoms with van der Waals surface area (Å²) in [6.07, 6.45) is 4.35. The molecule has 2 unspecified atom stereocenters. The summed E-state index contributed by atoms with van der Waals surface area (Å²) in [6, 6.07) is 5.80. The van der Waals surface area contributed by atoms with Gasteiger partial charge in [0.2, 0.25) is 5.91 Å². The predicted octanol–water partition coefficient (Wildman–Crippen LogP) is 2.54. The number of nitrogens with two attached hydrogens (primary N) is 1. The van der Waals surface area contributed by atoms with Crippen molar-refractivity contribution < 1.29 is 14.0 Å². The Bertz CT molecular complexity index is 859. The minimum Gasteiger partial charge on any atom is -0.423 e. The van der Waals surface area contributed by atoms with E-state index >= 15 is 0 Å². The topological polar surface area (TPSA) is 92.7 Å². The number of hydrogen-bond donors (Lipinski definition) is 1. The Morgan fingerprint density at radius 2 is 1.81 bits per heavy atom. The van der Waals surface area contributed by atoms with Crippen LogP contribution in [-0.4, -0.2) is 46.9 Å². The predicted molar refractivity (Wildman–Crippen MR) is 102 cm³/mol. The molecular formula is C20H26N4O3. The summed E-state index contributed by atoms with van der Waals surface area (Å²) in [4.78, 5) is 33.1. The van der Waals surface area contributed by atoms with Crippen LogP contribution in [0.25, 0.3) is 11.1 Å². The molecule has 7 heteroatoms. The van der Waals surface area contributed by atoms with E-state index in [-0.39, 0.29) is 18.0 Å². The van der Waals surface area contributed by atoms with E-state index in [1.807, 2.05) is 4.90 Å². The molecule has 1 saturated carbocycles. The zero-order valence-corrected chi connectivity index (χ0v) is 15.9. The first-order valence-electron chi connectivity index (χ1n) is 9.72. The normalized spacial score (nSPS) is 23.9. The van der Waals surface area contributed by atoms with Crippen molar-refractivity contribution >= 4 is 28.9 Å². The molecule has 1 aliphatic heterocycles. The van der Waals surface area contributed by atoms with Gasteiger partial charge in [-0.25, -0.2) is 0 Å². The highest BCUT2D eigenvalue weighted by Crippen LogP contribution is 2.31. The van der Waals surface area contributed by atoms with E-state index in [1.165, 1.54) is 0 Å². The van der Waals surface area contributed by atoms with E-state index in [0.29, 0.717) is 41.7 Å². The van der Waals surface area contributed by atoms with Crippen molar-refractivity contribution in [1.29, 1.82) is 0 Å². The van der Waals surface area contributed by atoms with Gasteiger partial charge >= 0.3 is 0 Å². The third kappa shape index (κ3) is 3.15. The van der Waals surface area contributed by atoms with Crippen LogP contribution in [0.5, 0.6) is 0 Å². The summed E-state index contributed by atoms with van der Waals surface area (Å²) in [5.41, 5.74) is 6.85. The average Bonchev–Trinajstić information content (AvgIpc) is 3.29. The van der Waals surface area contributed by atoms with E-state index in [2.05, 4.69) is 23.7 Å². The first-order chi connectivity index (χ1) is 13.0. The van der Waals surface area contributed by atoms with Crippen molar-refractivity contribution in [2.45, 2.75) is 51.6 Å². The molecule has 0 radical (unpaired) electrons. The lowest BCUT2D eigenvalue weighted by molar-refractivity contribution is -0.136. The fourth-order valence-electron chi connectivity index (χ4n) is 4.56. The molecule has 2 aliphatic rings. The number of para-hydroxylation sites is 1. The van der Waals surface area contributed by atoms with Gasteiger partial charge < -0.3 is 20.0 Å². The van der Waals surface area contributed by atoms with Crippen LogP contribution in [0, 0.1) is 5.92 Å². The molecule has 27 heavy (non-hydrogen) atoms. The number of piperazine rings is 1. The second-order valence-corrected chi connectivity index (χ2v) is 7.84. The Balaban J connectivity index is 1.58. The largest absolute Gasteiger partial charge is 0.423 e. The van der Waals surface area contributed by atoms with Gasteiger partial charge in [0.05, 0.1) is 5.56 Å². The summed E-state index contributed by atoms with van der Waals surface area (Å²) in [5, 5.41) is 0. The molecule has 2 N–H and O–H groups in total. The van der Waals surface area contributed by atoms with Crippen molar-refractivity contribution in [3.63, 3.8) is 0 Å². The van der Waals surface area contributed by atoms with Crippen molar-refractivity contribution in [2.24, 2.45) is 11.7 Å². The maximum Gasteiger partial charge on any atom is 0.299 e. The number of anilines is 1. The number of amides is 2. The Labute approximate surface area is 158 Å². The maximum absolute atomic E-state index is 12.8. The van der Waals surface area contributed by atoms with Gasteiger partial charge in [0.1, 0.15) is 5.52 Å². The fraction of sp³-hybridized carbons (Fsp3) is 0.550. The van der Waals surface area contributed by atoms with Crippen molar-refractivity contribution in [2.75, 3.05) is 18.0 Å². The molecule has 1 aromatic carbocycles. The second kappa shape index (κ2) is 6.87. The lowest BCUT2D eigenvalue weighted by atomic mass is 10.0. The third-order valence-electron chi connectivity index (χ3n) is 5.83. The fourth-order valence-corrected chi connectivity index (χ4v) is 4.56. The SMILES string of the molecule is CC1CN(C(=O)C2CCCC2)CC(C)N1c1nc2c(C(N)=O)cccc2o1. The molecule has 2 heterocycles. The number of benzene rings is 1. The quantitative estimate of drug-likeness (QED) is 0.896.